The summed E-state index contributed by atoms with van der Waals surface area (Å²) < 4.78 is 5.85. The van der Waals surface area contributed by atoms with Gasteiger partial charge >= 0.3 is 0 Å². The van der Waals surface area contributed by atoms with Crippen LogP contribution in [0.1, 0.15) is 36.8 Å². The molecule has 1 aromatic rings. The van der Waals surface area contributed by atoms with Gasteiger partial charge < -0.3 is 4.74 Å². The zero-order valence-electron chi connectivity index (χ0n) is 10.6. The van der Waals surface area contributed by atoms with E-state index < -0.39 is 0 Å². The summed E-state index contributed by atoms with van der Waals surface area (Å²) in [5.74, 6) is 0.914. The number of ether oxygens (including phenoxy) is 1. The van der Waals surface area contributed by atoms with Crippen molar-refractivity contribution in [2.24, 2.45) is 5.41 Å². The molecular weight excluding hydrogens is 210 g/mol. The van der Waals surface area contributed by atoms with Gasteiger partial charge in [-0.1, -0.05) is 30.5 Å². The number of nitrogens with zero attached hydrogens (tertiary/aromatic N) is 1. The molecule has 1 saturated carbocycles. The molecule has 0 aliphatic heterocycles. The Kier molecular flexibility index (Phi) is 3.38. The lowest BCUT2D eigenvalue weighted by Crippen LogP contribution is -2.23. The van der Waals surface area contributed by atoms with Gasteiger partial charge in [0.1, 0.15) is 12.4 Å². The van der Waals surface area contributed by atoms with E-state index in [0.717, 1.165) is 37.0 Å². The van der Waals surface area contributed by atoms with Gasteiger partial charge in [0.25, 0.3) is 0 Å². The molecule has 0 amide bonds. The third-order valence-electron chi connectivity index (χ3n) is 3.63. The summed E-state index contributed by atoms with van der Waals surface area (Å²) in [5.41, 5.74) is 2.15. The van der Waals surface area contributed by atoms with E-state index in [1.165, 1.54) is 5.56 Å². The molecule has 0 N–H and O–H groups in total. The van der Waals surface area contributed by atoms with Crippen molar-refractivity contribution in [2.45, 2.75) is 39.5 Å². The molecule has 1 aromatic carbocycles. The van der Waals surface area contributed by atoms with Gasteiger partial charge in [-0.25, -0.2) is 0 Å². The van der Waals surface area contributed by atoms with Gasteiger partial charge in [-0.2, -0.15) is 5.26 Å². The van der Waals surface area contributed by atoms with Gasteiger partial charge in [0.15, 0.2) is 0 Å². The molecule has 1 aliphatic rings. The standard InChI is InChI=1S/C15H19NO/c1-12-5-6-14(13(2)9-12)17-11-15(10-16)7-3-4-8-15/h5-6,9H,3-4,7-8,11H2,1-2H3. The molecule has 0 heterocycles. The fourth-order valence-electron chi connectivity index (χ4n) is 2.52. The van der Waals surface area contributed by atoms with Crippen LogP contribution in [0.25, 0.3) is 0 Å². The summed E-state index contributed by atoms with van der Waals surface area (Å²) in [5, 5.41) is 9.28. The van der Waals surface area contributed by atoms with Gasteiger partial charge in [-0.05, 0) is 38.3 Å². The smallest absolute Gasteiger partial charge is 0.122 e. The predicted molar refractivity (Wildman–Crippen MR) is 67.9 cm³/mol. The van der Waals surface area contributed by atoms with Crippen LogP contribution in [-0.4, -0.2) is 6.61 Å². The number of nitriles is 1. The van der Waals surface area contributed by atoms with Crippen molar-refractivity contribution in [3.05, 3.63) is 29.3 Å². The molecule has 2 nitrogen and oxygen atoms in total. The second kappa shape index (κ2) is 4.79. The average Bonchev–Trinajstić information content (AvgIpc) is 2.77. The Hall–Kier alpha value is -1.49. The molecule has 0 spiro atoms. The van der Waals surface area contributed by atoms with Crippen LogP contribution in [0.15, 0.2) is 18.2 Å². The maximum Gasteiger partial charge on any atom is 0.122 e. The van der Waals surface area contributed by atoms with E-state index in [-0.39, 0.29) is 5.41 Å². The molecule has 0 atom stereocenters. The van der Waals surface area contributed by atoms with E-state index in [4.69, 9.17) is 4.74 Å². The molecule has 0 aromatic heterocycles. The van der Waals surface area contributed by atoms with Gasteiger partial charge in [-0.15, -0.1) is 0 Å². The number of hydrogen-bond acceptors (Lipinski definition) is 2. The van der Waals surface area contributed by atoms with E-state index in [1.807, 2.05) is 6.07 Å². The minimum Gasteiger partial charge on any atom is -0.492 e. The van der Waals surface area contributed by atoms with Gasteiger partial charge in [0.2, 0.25) is 0 Å². The number of hydrogen-bond donors (Lipinski definition) is 0. The Labute approximate surface area is 103 Å². The second-order valence-electron chi connectivity index (χ2n) is 5.16. The highest BCUT2D eigenvalue weighted by Gasteiger charge is 2.34. The highest BCUT2D eigenvalue weighted by molar-refractivity contribution is 5.35. The monoisotopic (exact) mass is 229 g/mol. The molecule has 17 heavy (non-hydrogen) atoms. The van der Waals surface area contributed by atoms with E-state index in [2.05, 4.69) is 32.0 Å². The lowest BCUT2D eigenvalue weighted by Gasteiger charge is -2.21. The first kappa shape index (κ1) is 12.0. The zero-order valence-corrected chi connectivity index (χ0v) is 10.6. The molecule has 0 unspecified atom stereocenters. The van der Waals surface area contributed by atoms with Crippen molar-refractivity contribution in [3.63, 3.8) is 0 Å². The first-order valence-corrected chi connectivity index (χ1v) is 6.27. The van der Waals surface area contributed by atoms with E-state index >= 15 is 0 Å². The first-order chi connectivity index (χ1) is 8.15. The SMILES string of the molecule is Cc1ccc(OCC2(C#N)CCCC2)c(C)c1. The van der Waals surface area contributed by atoms with Crippen molar-refractivity contribution in [1.82, 2.24) is 0 Å². The van der Waals surface area contributed by atoms with Crippen molar-refractivity contribution in [1.29, 1.82) is 5.26 Å². The second-order valence-corrected chi connectivity index (χ2v) is 5.16. The normalized spacial score (nSPS) is 17.7. The van der Waals surface area contributed by atoms with Gasteiger partial charge in [0, 0.05) is 0 Å². The summed E-state index contributed by atoms with van der Waals surface area (Å²) >= 11 is 0. The zero-order chi connectivity index (χ0) is 12.3. The van der Waals surface area contributed by atoms with Crippen molar-refractivity contribution < 1.29 is 4.74 Å². The van der Waals surface area contributed by atoms with Crippen molar-refractivity contribution in [3.8, 4) is 11.8 Å². The summed E-state index contributed by atoms with van der Waals surface area (Å²) in [7, 11) is 0. The predicted octanol–water partition coefficient (Wildman–Crippen LogP) is 3.77. The average molecular weight is 229 g/mol. The van der Waals surface area contributed by atoms with Gasteiger partial charge in [-0.3, -0.25) is 0 Å². The quantitative estimate of drug-likeness (QED) is 0.790. The van der Waals surface area contributed by atoms with Crippen molar-refractivity contribution in [2.75, 3.05) is 6.61 Å². The van der Waals surface area contributed by atoms with Crippen molar-refractivity contribution >= 4 is 0 Å². The fourth-order valence-corrected chi connectivity index (χ4v) is 2.52. The van der Waals surface area contributed by atoms with Crippen LogP contribution in [0, 0.1) is 30.6 Å². The number of aryl methyl sites for hydroxylation is 2. The summed E-state index contributed by atoms with van der Waals surface area (Å²) in [6.45, 7) is 4.66. The Morgan fingerprint density at radius 3 is 2.59 bits per heavy atom. The third kappa shape index (κ3) is 2.61. The molecule has 0 bridgehead atoms. The topological polar surface area (TPSA) is 33.0 Å². The van der Waals surface area contributed by atoms with Crippen LogP contribution in [-0.2, 0) is 0 Å². The lowest BCUT2D eigenvalue weighted by atomic mass is 9.89. The Bertz CT molecular complexity index is 439. The maximum absolute atomic E-state index is 9.28. The molecule has 1 aliphatic carbocycles. The van der Waals surface area contributed by atoms with E-state index in [1.54, 1.807) is 0 Å². The molecule has 2 heteroatoms. The summed E-state index contributed by atoms with van der Waals surface area (Å²) in [6, 6.07) is 8.62. The van der Waals surface area contributed by atoms with Crippen LogP contribution in [0.3, 0.4) is 0 Å². The minimum atomic E-state index is -0.239. The largest absolute Gasteiger partial charge is 0.492 e. The molecule has 0 saturated heterocycles. The van der Waals surface area contributed by atoms with Crippen LogP contribution < -0.4 is 4.74 Å². The van der Waals surface area contributed by atoms with Crippen LogP contribution in [0.4, 0.5) is 0 Å². The number of rotatable bonds is 3. The highest BCUT2D eigenvalue weighted by atomic mass is 16.5. The highest BCUT2D eigenvalue weighted by Crippen LogP contribution is 2.38. The summed E-state index contributed by atoms with van der Waals surface area (Å²) in [4.78, 5) is 0. The molecule has 1 fully saturated rings. The third-order valence-corrected chi connectivity index (χ3v) is 3.63. The number of benzene rings is 1. The van der Waals surface area contributed by atoms with E-state index in [0.29, 0.717) is 6.61 Å². The molecule has 90 valence electrons. The maximum atomic E-state index is 9.28. The molecule has 0 radical (unpaired) electrons. The first-order valence-electron chi connectivity index (χ1n) is 6.27. The lowest BCUT2D eigenvalue weighted by molar-refractivity contribution is 0.200. The fraction of sp³-hybridized carbons (Fsp3) is 0.533. The van der Waals surface area contributed by atoms with Crippen LogP contribution in [0.5, 0.6) is 5.75 Å². The Morgan fingerprint density at radius 2 is 2.00 bits per heavy atom. The molecule has 2 rings (SSSR count). The molecular formula is C15H19NO. The Balaban J connectivity index is 2.04. The Morgan fingerprint density at radius 1 is 1.29 bits per heavy atom. The van der Waals surface area contributed by atoms with Gasteiger partial charge in [0.05, 0.1) is 11.5 Å². The van der Waals surface area contributed by atoms with E-state index in [9.17, 15) is 5.26 Å². The van der Waals surface area contributed by atoms with Crippen LogP contribution >= 0.6 is 0 Å². The van der Waals surface area contributed by atoms with Crippen LogP contribution in [0.2, 0.25) is 0 Å². The minimum absolute atomic E-state index is 0.239. The summed E-state index contributed by atoms with van der Waals surface area (Å²) in [6.07, 6.45) is 4.27.